The third-order valence-corrected chi connectivity index (χ3v) is 4.59. The topological polar surface area (TPSA) is 54.5 Å². The quantitative estimate of drug-likeness (QED) is 0.863. The molecule has 2 fully saturated rings. The second kappa shape index (κ2) is 7.01. The Labute approximate surface area is 140 Å². The van der Waals surface area contributed by atoms with Crippen LogP contribution in [0.15, 0.2) is 18.3 Å². The first-order chi connectivity index (χ1) is 11.5. The summed E-state index contributed by atoms with van der Waals surface area (Å²) in [5.74, 6) is -4.27. The Morgan fingerprint density at radius 3 is 2.75 bits per heavy atom. The van der Waals surface area contributed by atoms with Gasteiger partial charge in [-0.05, 0) is 57.8 Å². The molecule has 0 radical (unpaired) electrons. The standard InChI is InChI=1S/C17H23F2N3O2/c1-22-9-6-13(7-10-22)21-16(23)17(18,19)11-24-15-14(12-4-5-12)3-2-8-20-15/h2-3,8,12-13H,4-7,9-11H2,1H3,(H,21,23). The fourth-order valence-corrected chi connectivity index (χ4v) is 2.90. The third kappa shape index (κ3) is 4.20. The number of rotatable bonds is 6. The van der Waals surface area contributed by atoms with E-state index in [4.69, 9.17) is 4.74 Å². The van der Waals surface area contributed by atoms with Crippen LogP contribution in [0.4, 0.5) is 8.78 Å². The molecule has 1 aromatic rings. The minimum Gasteiger partial charge on any atom is -0.470 e. The zero-order valence-electron chi connectivity index (χ0n) is 13.8. The Morgan fingerprint density at radius 1 is 1.38 bits per heavy atom. The van der Waals surface area contributed by atoms with Crippen molar-refractivity contribution in [3.63, 3.8) is 0 Å². The van der Waals surface area contributed by atoms with E-state index >= 15 is 0 Å². The van der Waals surface area contributed by atoms with E-state index in [1.165, 1.54) is 6.20 Å². The fraction of sp³-hybridized carbons (Fsp3) is 0.647. The van der Waals surface area contributed by atoms with Gasteiger partial charge in [0.15, 0.2) is 6.61 Å². The van der Waals surface area contributed by atoms with Crippen LogP contribution < -0.4 is 10.1 Å². The molecule has 3 rings (SSSR count). The summed E-state index contributed by atoms with van der Waals surface area (Å²) in [4.78, 5) is 18.0. The summed E-state index contributed by atoms with van der Waals surface area (Å²) in [7, 11) is 1.98. The van der Waals surface area contributed by atoms with Crippen LogP contribution in [0.3, 0.4) is 0 Å². The SMILES string of the molecule is CN1CCC(NC(=O)C(F)(F)COc2ncccc2C2CC2)CC1. The van der Waals surface area contributed by atoms with Gasteiger partial charge >= 0.3 is 5.92 Å². The molecule has 24 heavy (non-hydrogen) atoms. The molecule has 1 saturated heterocycles. The molecule has 0 atom stereocenters. The van der Waals surface area contributed by atoms with Crippen molar-refractivity contribution in [2.75, 3.05) is 26.7 Å². The largest absolute Gasteiger partial charge is 0.470 e. The van der Waals surface area contributed by atoms with Crippen LogP contribution in [0.2, 0.25) is 0 Å². The molecule has 0 spiro atoms. The molecule has 1 aliphatic carbocycles. The minimum atomic E-state index is -3.57. The van der Waals surface area contributed by atoms with E-state index in [2.05, 4.69) is 15.2 Å². The first-order valence-corrected chi connectivity index (χ1v) is 8.41. The van der Waals surface area contributed by atoms with Crippen molar-refractivity contribution in [1.82, 2.24) is 15.2 Å². The molecule has 1 aromatic heterocycles. The molecule has 2 aliphatic rings. The predicted molar refractivity (Wildman–Crippen MR) is 85.3 cm³/mol. The van der Waals surface area contributed by atoms with Gasteiger partial charge in [-0.15, -0.1) is 0 Å². The lowest BCUT2D eigenvalue weighted by Crippen LogP contribution is -2.51. The number of carbonyl (C=O) groups excluding carboxylic acids is 1. The van der Waals surface area contributed by atoms with Crippen molar-refractivity contribution >= 4 is 5.91 Å². The summed E-state index contributed by atoms with van der Waals surface area (Å²) in [5.41, 5.74) is 0.851. The molecule has 1 saturated carbocycles. The fourth-order valence-electron chi connectivity index (χ4n) is 2.90. The molecule has 7 heteroatoms. The minimum absolute atomic E-state index is 0.198. The number of aromatic nitrogens is 1. The molecule has 5 nitrogen and oxygen atoms in total. The highest BCUT2D eigenvalue weighted by Crippen LogP contribution is 2.43. The number of piperidine rings is 1. The number of halogens is 2. The van der Waals surface area contributed by atoms with E-state index in [0.29, 0.717) is 18.8 Å². The second-order valence-electron chi connectivity index (χ2n) is 6.72. The number of hydrogen-bond acceptors (Lipinski definition) is 4. The molecule has 0 unspecified atom stereocenters. The summed E-state index contributed by atoms with van der Waals surface area (Å²) in [5, 5.41) is 2.45. The van der Waals surface area contributed by atoms with Crippen molar-refractivity contribution in [1.29, 1.82) is 0 Å². The Morgan fingerprint density at radius 2 is 2.08 bits per heavy atom. The molecule has 132 valence electrons. The number of amides is 1. The Hall–Kier alpha value is -1.76. The van der Waals surface area contributed by atoms with Crippen LogP contribution in [0.1, 0.15) is 37.2 Å². The molecule has 0 aromatic carbocycles. The van der Waals surface area contributed by atoms with Gasteiger partial charge in [0.1, 0.15) is 0 Å². The average Bonchev–Trinajstić information content (AvgIpc) is 3.40. The van der Waals surface area contributed by atoms with Gasteiger partial charge in [-0.1, -0.05) is 6.07 Å². The van der Waals surface area contributed by atoms with E-state index in [1.807, 2.05) is 13.1 Å². The number of nitrogens with zero attached hydrogens (tertiary/aromatic N) is 2. The molecule has 1 N–H and O–H groups in total. The van der Waals surface area contributed by atoms with Gasteiger partial charge in [0.25, 0.3) is 5.91 Å². The maximum absolute atomic E-state index is 14.1. The summed E-state index contributed by atoms with van der Waals surface area (Å²) >= 11 is 0. The zero-order chi connectivity index (χ0) is 17.2. The normalized spacial score (nSPS) is 20.0. The Bertz CT molecular complexity index is 585. The third-order valence-electron chi connectivity index (χ3n) is 4.59. The highest BCUT2D eigenvalue weighted by Gasteiger charge is 2.41. The van der Waals surface area contributed by atoms with Gasteiger partial charge in [-0.3, -0.25) is 4.79 Å². The number of nitrogens with one attached hydrogen (secondary N) is 1. The predicted octanol–water partition coefficient (Wildman–Crippen LogP) is 2.18. The molecular weight excluding hydrogens is 316 g/mol. The lowest BCUT2D eigenvalue weighted by atomic mass is 10.1. The first-order valence-electron chi connectivity index (χ1n) is 8.41. The van der Waals surface area contributed by atoms with Gasteiger partial charge in [-0.25, -0.2) is 4.98 Å². The average molecular weight is 339 g/mol. The van der Waals surface area contributed by atoms with Gasteiger partial charge in [0, 0.05) is 17.8 Å². The maximum Gasteiger partial charge on any atom is 0.357 e. The van der Waals surface area contributed by atoms with E-state index in [1.54, 1.807) is 6.07 Å². The summed E-state index contributed by atoms with van der Waals surface area (Å²) in [6, 6.07) is 3.42. The zero-order valence-corrected chi connectivity index (χ0v) is 13.8. The van der Waals surface area contributed by atoms with Crippen molar-refractivity contribution in [3.05, 3.63) is 23.9 Å². The summed E-state index contributed by atoms with van der Waals surface area (Å²) < 4.78 is 33.4. The Balaban J connectivity index is 1.54. The first kappa shape index (κ1) is 17.1. The number of pyridine rings is 1. The Kier molecular flexibility index (Phi) is 4.99. The van der Waals surface area contributed by atoms with E-state index in [0.717, 1.165) is 31.5 Å². The highest BCUT2D eigenvalue weighted by molar-refractivity contribution is 5.83. The van der Waals surface area contributed by atoms with Crippen LogP contribution in [0.25, 0.3) is 0 Å². The summed E-state index contributed by atoms with van der Waals surface area (Å²) in [6.07, 6.45) is 4.93. The van der Waals surface area contributed by atoms with Crippen molar-refractivity contribution < 1.29 is 18.3 Å². The molecule has 2 heterocycles. The molecular formula is C17H23F2N3O2. The van der Waals surface area contributed by atoms with Crippen LogP contribution in [0, 0.1) is 0 Å². The summed E-state index contributed by atoms with van der Waals surface area (Å²) in [6.45, 7) is 0.611. The van der Waals surface area contributed by atoms with Crippen molar-refractivity contribution in [2.24, 2.45) is 0 Å². The highest BCUT2D eigenvalue weighted by atomic mass is 19.3. The number of hydrogen-bond donors (Lipinski definition) is 1. The number of ether oxygens (including phenoxy) is 1. The van der Waals surface area contributed by atoms with Gasteiger partial charge < -0.3 is 15.0 Å². The van der Waals surface area contributed by atoms with Gasteiger partial charge in [-0.2, -0.15) is 8.78 Å². The van der Waals surface area contributed by atoms with Crippen LogP contribution in [-0.4, -0.2) is 54.5 Å². The van der Waals surface area contributed by atoms with Gasteiger partial charge in [0.05, 0.1) is 0 Å². The molecule has 0 bridgehead atoms. The van der Waals surface area contributed by atoms with Crippen molar-refractivity contribution in [3.8, 4) is 5.88 Å². The lowest BCUT2D eigenvalue weighted by molar-refractivity contribution is -0.151. The monoisotopic (exact) mass is 339 g/mol. The maximum atomic E-state index is 14.1. The lowest BCUT2D eigenvalue weighted by Gasteiger charge is -2.30. The van der Waals surface area contributed by atoms with Crippen LogP contribution in [0.5, 0.6) is 5.88 Å². The van der Waals surface area contributed by atoms with E-state index in [9.17, 15) is 13.6 Å². The number of carbonyl (C=O) groups is 1. The van der Waals surface area contributed by atoms with E-state index < -0.39 is 18.4 Å². The smallest absolute Gasteiger partial charge is 0.357 e. The van der Waals surface area contributed by atoms with Crippen LogP contribution in [-0.2, 0) is 4.79 Å². The second-order valence-corrected chi connectivity index (χ2v) is 6.72. The van der Waals surface area contributed by atoms with E-state index in [-0.39, 0.29) is 11.9 Å². The molecule has 1 amide bonds. The molecule has 1 aliphatic heterocycles. The number of likely N-dealkylation sites (tertiary alicyclic amines) is 1. The van der Waals surface area contributed by atoms with Crippen LogP contribution >= 0.6 is 0 Å². The van der Waals surface area contributed by atoms with Crippen molar-refractivity contribution in [2.45, 2.75) is 43.6 Å². The van der Waals surface area contributed by atoms with Gasteiger partial charge in [0.2, 0.25) is 5.88 Å². The number of alkyl halides is 2.